The van der Waals surface area contributed by atoms with Gasteiger partial charge >= 0.3 is 17.9 Å². The summed E-state index contributed by atoms with van der Waals surface area (Å²) < 4.78 is 0. The highest BCUT2D eigenvalue weighted by Crippen LogP contribution is 2.25. The highest BCUT2D eigenvalue weighted by Gasteiger charge is 2.49. The van der Waals surface area contributed by atoms with E-state index in [1.165, 1.54) is 18.9 Å². The monoisotopic (exact) mass is 575 g/mol. The van der Waals surface area contributed by atoms with Gasteiger partial charge in [0.15, 0.2) is 5.60 Å². The van der Waals surface area contributed by atoms with Crippen molar-refractivity contribution in [2.75, 3.05) is 0 Å². The van der Waals surface area contributed by atoms with Gasteiger partial charge in [-0.15, -0.1) is 0 Å². The van der Waals surface area contributed by atoms with Gasteiger partial charge in [0.05, 0.1) is 12.3 Å². The zero-order valence-electron chi connectivity index (χ0n) is 23.9. The van der Waals surface area contributed by atoms with Crippen LogP contribution in [0.2, 0.25) is 0 Å². The zero-order chi connectivity index (χ0) is 30.7. The average molecular weight is 576 g/mol. The lowest BCUT2D eigenvalue weighted by Gasteiger charge is -2.29. The van der Waals surface area contributed by atoms with Crippen molar-refractivity contribution in [1.29, 1.82) is 0 Å². The number of benzene rings is 1. The zero-order valence-corrected chi connectivity index (χ0v) is 23.9. The summed E-state index contributed by atoms with van der Waals surface area (Å²) in [5.74, 6) is -7.58. The van der Waals surface area contributed by atoms with Gasteiger partial charge in [-0.2, -0.15) is 0 Å². The van der Waals surface area contributed by atoms with Crippen LogP contribution in [0.25, 0.3) is 0 Å². The smallest absolute Gasteiger partial charge is 0.337 e. The van der Waals surface area contributed by atoms with Gasteiger partial charge in [0, 0.05) is 19.3 Å². The van der Waals surface area contributed by atoms with E-state index in [4.69, 9.17) is 0 Å². The number of aliphatic carboxylic acids is 3. The van der Waals surface area contributed by atoms with E-state index >= 15 is 0 Å². The minimum atomic E-state index is -2.99. The van der Waals surface area contributed by atoms with Crippen molar-refractivity contribution in [3.05, 3.63) is 48.0 Å². The third-order valence-corrected chi connectivity index (χ3v) is 6.95. The highest BCUT2D eigenvalue weighted by atomic mass is 16.4. The van der Waals surface area contributed by atoms with Crippen LogP contribution in [-0.2, 0) is 30.4 Å². The number of carboxylic acid groups (broad SMARTS) is 3. The van der Waals surface area contributed by atoms with Crippen LogP contribution in [0.4, 0.5) is 0 Å². The molecule has 0 aromatic heterocycles. The molecule has 41 heavy (non-hydrogen) atoms. The number of allylic oxidation sites excluding steroid dienone is 1. The molecule has 1 aromatic carbocycles. The first kappa shape index (κ1) is 35.5. The molecule has 0 aliphatic rings. The first-order valence-electron chi connectivity index (χ1n) is 14.4. The molecule has 0 unspecified atom stereocenters. The number of carbonyl (C=O) groups excluding carboxylic acids is 2. The lowest BCUT2D eigenvalue weighted by atomic mass is 9.82. The molecule has 3 atom stereocenters. The Morgan fingerprint density at radius 1 is 0.854 bits per heavy atom. The van der Waals surface area contributed by atoms with Crippen LogP contribution in [0.15, 0.2) is 42.5 Å². The molecule has 228 valence electrons. The number of ketones is 1. The summed E-state index contributed by atoms with van der Waals surface area (Å²) in [6.07, 6.45) is 11.5. The number of hydrogen-bond acceptors (Lipinski definition) is 6. The molecule has 0 aliphatic heterocycles. The van der Waals surface area contributed by atoms with E-state index < -0.39 is 47.8 Å². The molecule has 0 aliphatic carbocycles. The van der Waals surface area contributed by atoms with E-state index in [9.17, 15) is 44.4 Å². The van der Waals surface area contributed by atoms with Crippen molar-refractivity contribution < 1.29 is 44.4 Å². The Hall–Kier alpha value is -3.53. The van der Waals surface area contributed by atoms with Gasteiger partial charge in [-0.25, -0.2) is 9.59 Å². The molecule has 1 rings (SSSR count). The minimum absolute atomic E-state index is 0.0931. The number of aliphatic hydroxyl groups is 1. The molecule has 0 fully saturated rings. The number of unbranched alkanes of at least 4 members (excludes halogenated alkanes) is 8. The fourth-order valence-electron chi connectivity index (χ4n) is 4.54. The van der Waals surface area contributed by atoms with Crippen molar-refractivity contribution >= 4 is 29.6 Å². The summed E-state index contributed by atoms with van der Waals surface area (Å²) in [6.45, 7) is 2.15. The molecule has 0 heterocycles. The standard InChI is InChI=1S/C31H45NO9/c1-2-3-4-7-13-18-24(33)19-14-8-5-6-9-15-20-25(31(41,30(39)40)22-27(34)35)28(36)32-26(29(37)38)21-23-16-11-10-12-17-23/h10-12,15-17,20,25-26,41H,2-9,13-14,18-19,21-22H2,1H3,(H,32,36)(H,34,35)(H,37,38)(H,39,40)/b20-15+/t25-,26+,31+/m1/s1. The number of hydrogen-bond donors (Lipinski definition) is 5. The number of carboxylic acids is 3. The number of carbonyl (C=O) groups is 5. The number of amides is 1. The molecule has 10 heteroatoms. The maximum atomic E-state index is 13.1. The molecule has 5 N–H and O–H groups in total. The number of Topliss-reactive ketones (excluding diaryl/α,β-unsaturated/α-hetero) is 1. The predicted molar refractivity (Wildman–Crippen MR) is 153 cm³/mol. The number of rotatable bonds is 23. The molecular formula is C31H45NO9. The fraction of sp³-hybridized carbons (Fsp3) is 0.581. The predicted octanol–water partition coefficient (Wildman–Crippen LogP) is 4.53. The van der Waals surface area contributed by atoms with Crippen molar-refractivity contribution in [1.82, 2.24) is 5.32 Å². The molecule has 0 spiro atoms. The van der Waals surface area contributed by atoms with Gasteiger partial charge in [0.25, 0.3) is 0 Å². The SMILES string of the molecule is CCCCCCCC(=O)CCCCCC/C=C/[C@H](C(=O)N[C@@H](Cc1ccccc1)C(=O)O)[C@@](O)(CC(=O)O)C(=O)O. The van der Waals surface area contributed by atoms with E-state index in [0.29, 0.717) is 31.2 Å². The molecule has 10 nitrogen and oxygen atoms in total. The van der Waals surface area contributed by atoms with Gasteiger partial charge in [0.2, 0.25) is 5.91 Å². The summed E-state index contributed by atoms with van der Waals surface area (Å²) >= 11 is 0. The van der Waals surface area contributed by atoms with E-state index in [2.05, 4.69) is 12.2 Å². The summed E-state index contributed by atoms with van der Waals surface area (Å²) in [6, 6.07) is 7.05. The fourth-order valence-corrected chi connectivity index (χ4v) is 4.54. The maximum absolute atomic E-state index is 13.1. The summed E-state index contributed by atoms with van der Waals surface area (Å²) in [5.41, 5.74) is -2.38. The Kier molecular flexibility index (Phi) is 16.9. The van der Waals surface area contributed by atoms with Gasteiger partial charge in [0.1, 0.15) is 11.8 Å². The Morgan fingerprint density at radius 2 is 1.44 bits per heavy atom. The third-order valence-electron chi connectivity index (χ3n) is 6.95. The normalized spacial score (nSPS) is 14.2. The lowest BCUT2D eigenvalue weighted by Crippen LogP contribution is -2.55. The Labute approximate surface area is 241 Å². The molecule has 0 saturated carbocycles. The van der Waals surface area contributed by atoms with Crippen LogP contribution in [0, 0.1) is 5.92 Å². The third kappa shape index (κ3) is 14.1. The van der Waals surface area contributed by atoms with Gasteiger partial charge in [-0.05, 0) is 31.2 Å². The molecular weight excluding hydrogens is 530 g/mol. The first-order chi connectivity index (χ1) is 19.5. The quantitative estimate of drug-likeness (QED) is 0.0926. The van der Waals surface area contributed by atoms with Crippen LogP contribution >= 0.6 is 0 Å². The van der Waals surface area contributed by atoms with Crippen molar-refractivity contribution in [3.63, 3.8) is 0 Å². The van der Waals surface area contributed by atoms with Crippen LogP contribution < -0.4 is 5.32 Å². The van der Waals surface area contributed by atoms with Crippen molar-refractivity contribution in [2.45, 2.75) is 108 Å². The van der Waals surface area contributed by atoms with Crippen LogP contribution in [0.5, 0.6) is 0 Å². The first-order valence-corrected chi connectivity index (χ1v) is 14.4. The second-order valence-corrected chi connectivity index (χ2v) is 10.5. The Bertz CT molecular complexity index is 1010. The molecule has 0 bridgehead atoms. The van der Waals surface area contributed by atoms with Crippen molar-refractivity contribution in [2.24, 2.45) is 5.92 Å². The highest BCUT2D eigenvalue weighted by molar-refractivity contribution is 5.94. The lowest BCUT2D eigenvalue weighted by molar-refractivity contribution is -0.172. The topological polar surface area (TPSA) is 178 Å². The summed E-state index contributed by atoms with van der Waals surface area (Å²) in [5, 5.41) is 41.5. The summed E-state index contributed by atoms with van der Waals surface area (Å²) in [7, 11) is 0. The Morgan fingerprint density at radius 3 is 1.98 bits per heavy atom. The summed E-state index contributed by atoms with van der Waals surface area (Å²) in [4.78, 5) is 60.2. The largest absolute Gasteiger partial charge is 0.481 e. The molecule has 1 amide bonds. The molecule has 0 radical (unpaired) electrons. The van der Waals surface area contributed by atoms with Gasteiger partial charge < -0.3 is 25.7 Å². The van der Waals surface area contributed by atoms with E-state index in [1.807, 2.05) is 0 Å². The second kappa shape index (κ2) is 19.5. The van der Waals surface area contributed by atoms with E-state index in [-0.39, 0.29) is 12.2 Å². The van der Waals surface area contributed by atoms with Gasteiger partial charge in [-0.1, -0.05) is 87.9 Å². The van der Waals surface area contributed by atoms with Gasteiger partial charge in [-0.3, -0.25) is 14.4 Å². The van der Waals surface area contributed by atoms with E-state index in [1.54, 1.807) is 30.3 Å². The van der Waals surface area contributed by atoms with Crippen LogP contribution in [-0.4, -0.2) is 61.7 Å². The van der Waals surface area contributed by atoms with Crippen LogP contribution in [0.3, 0.4) is 0 Å². The van der Waals surface area contributed by atoms with Crippen LogP contribution in [0.1, 0.15) is 96.0 Å². The molecule has 1 aromatic rings. The molecule has 0 saturated heterocycles. The maximum Gasteiger partial charge on any atom is 0.337 e. The second-order valence-electron chi connectivity index (χ2n) is 10.5. The van der Waals surface area contributed by atoms with E-state index in [0.717, 1.165) is 44.6 Å². The van der Waals surface area contributed by atoms with Crippen molar-refractivity contribution in [3.8, 4) is 0 Å². The Balaban J connectivity index is 2.74. The minimum Gasteiger partial charge on any atom is -0.481 e. The number of nitrogens with one attached hydrogen (secondary N) is 1. The average Bonchev–Trinajstić information content (AvgIpc) is 2.91.